The van der Waals surface area contributed by atoms with Crippen molar-refractivity contribution in [2.45, 2.75) is 0 Å². The number of aromatic hydroxyl groups is 1. The van der Waals surface area contributed by atoms with E-state index in [2.05, 4.69) is 27.8 Å². The summed E-state index contributed by atoms with van der Waals surface area (Å²) in [6, 6.07) is 4.73. The zero-order valence-corrected chi connectivity index (χ0v) is 8.34. The van der Waals surface area contributed by atoms with E-state index < -0.39 is 0 Å². The normalized spacial score (nSPS) is 8.69. The van der Waals surface area contributed by atoms with Crippen molar-refractivity contribution in [1.29, 1.82) is 0 Å². The maximum atomic E-state index is 10.6. The fourth-order valence-electron chi connectivity index (χ4n) is 0.914. The van der Waals surface area contributed by atoms with Crippen molar-refractivity contribution >= 4 is 22.2 Å². The van der Waals surface area contributed by atoms with Crippen molar-refractivity contribution in [3.63, 3.8) is 0 Å². The molecule has 3 heteroatoms. The van der Waals surface area contributed by atoms with Crippen LogP contribution in [0.3, 0.4) is 0 Å². The highest BCUT2D eigenvalue weighted by molar-refractivity contribution is 9.09. The molecule has 0 aliphatic rings. The summed E-state index contributed by atoms with van der Waals surface area (Å²) in [5, 5.41) is 9.89. The Balaban J connectivity index is 3.22. The van der Waals surface area contributed by atoms with Crippen LogP contribution in [0, 0.1) is 11.8 Å². The molecule has 0 saturated carbocycles. The molecule has 0 saturated heterocycles. The Morgan fingerprint density at radius 2 is 2.31 bits per heavy atom. The summed E-state index contributed by atoms with van der Waals surface area (Å²) in [5.41, 5.74) is 0.797. The molecule has 0 bridgehead atoms. The average Bonchev–Trinajstić information content (AvgIpc) is 2.15. The Bertz CT molecular complexity index is 374. The van der Waals surface area contributed by atoms with Gasteiger partial charge in [0.2, 0.25) is 0 Å². The number of carbonyl (C=O) groups is 1. The first-order valence-electron chi connectivity index (χ1n) is 3.61. The summed E-state index contributed by atoms with van der Waals surface area (Å²) in [6.07, 6.45) is 0.679. The van der Waals surface area contributed by atoms with Gasteiger partial charge in [-0.1, -0.05) is 39.9 Å². The first-order chi connectivity index (χ1) is 6.29. The predicted molar refractivity (Wildman–Crippen MR) is 54.2 cm³/mol. The van der Waals surface area contributed by atoms with Gasteiger partial charge in [0.1, 0.15) is 5.75 Å². The summed E-state index contributed by atoms with van der Waals surface area (Å²) in [7, 11) is 0. The number of carbonyl (C=O) groups excluding carboxylic acids is 1. The number of aldehydes is 1. The number of hydrogen-bond acceptors (Lipinski definition) is 2. The number of phenols is 1. The lowest BCUT2D eigenvalue weighted by molar-refractivity contribution is 0.112. The van der Waals surface area contributed by atoms with E-state index in [1.807, 2.05) is 0 Å². The van der Waals surface area contributed by atoms with Crippen molar-refractivity contribution in [2.75, 3.05) is 5.33 Å². The van der Waals surface area contributed by atoms with Crippen LogP contribution in [0.2, 0.25) is 0 Å². The first-order valence-corrected chi connectivity index (χ1v) is 4.73. The second-order valence-electron chi connectivity index (χ2n) is 2.29. The second kappa shape index (κ2) is 4.68. The summed E-state index contributed by atoms with van der Waals surface area (Å²) in [6.45, 7) is 0. The number of halogens is 1. The molecule has 2 nitrogen and oxygen atoms in total. The van der Waals surface area contributed by atoms with Crippen molar-refractivity contribution in [1.82, 2.24) is 0 Å². The van der Waals surface area contributed by atoms with Gasteiger partial charge in [0, 0.05) is 5.56 Å². The van der Waals surface area contributed by atoms with Gasteiger partial charge >= 0.3 is 0 Å². The lowest BCUT2D eigenvalue weighted by Crippen LogP contribution is -1.87. The van der Waals surface area contributed by atoms with Crippen LogP contribution in [0.5, 0.6) is 5.75 Å². The molecule has 0 fully saturated rings. The Kier molecular flexibility index (Phi) is 3.53. The van der Waals surface area contributed by atoms with Crippen molar-refractivity contribution < 1.29 is 9.90 Å². The number of benzene rings is 1. The van der Waals surface area contributed by atoms with Gasteiger partial charge in [0.25, 0.3) is 0 Å². The fraction of sp³-hybridized carbons (Fsp3) is 0.100. The largest absolute Gasteiger partial charge is 0.507 e. The number of rotatable bonds is 1. The molecule has 0 amide bonds. The first kappa shape index (κ1) is 9.82. The van der Waals surface area contributed by atoms with Gasteiger partial charge in [-0.25, -0.2) is 0 Å². The molecule has 0 aliphatic heterocycles. The Hall–Kier alpha value is -1.27. The molecule has 66 valence electrons. The van der Waals surface area contributed by atoms with Gasteiger partial charge < -0.3 is 5.11 Å². The average molecular weight is 239 g/mol. The van der Waals surface area contributed by atoms with Gasteiger partial charge in [0.15, 0.2) is 6.29 Å². The molecule has 0 heterocycles. The van der Waals surface area contributed by atoms with E-state index in [4.69, 9.17) is 0 Å². The number of hydrogen-bond donors (Lipinski definition) is 1. The zero-order valence-electron chi connectivity index (χ0n) is 6.75. The summed E-state index contributed by atoms with van der Waals surface area (Å²) in [5.74, 6) is 5.47. The van der Waals surface area contributed by atoms with E-state index in [-0.39, 0.29) is 5.75 Å². The van der Waals surface area contributed by atoms with E-state index in [1.165, 1.54) is 6.07 Å². The van der Waals surface area contributed by atoms with Crippen LogP contribution in [-0.4, -0.2) is 16.7 Å². The third kappa shape index (κ3) is 2.33. The number of phenolic OH excluding ortho intramolecular Hbond substituents is 1. The zero-order chi connectivity index (χ0) is 9.68. The van der Waals surface area contributed by atoms with Crippen LogP contribution in [0.4, 0.5) is 0 Å². The summed E-state index contributed by atoms with van der Waals surface area (Å²) >= 11 is 3.13. The van der Waals surface area contributed by atoms with Crippen molar-refractivity contribution in [3.05, 3.63) is 29.3 Å². The van der Waals surface area contributed by atoms with Crippen molar-refractivity contribution in [2.24, 2.45) is 0 Å². The van der Waals surface area contributed by atoms with Gasteiger partial charge in [-0.3, -0.25) is 4.79 Å². The van der Waals surface area contributed by atoms with E-state index in [9.17, 15) is 9.90 Å². The minimum absolute atomic E-state index is 0.0399. The molecule has 13 heavy (non-hydrogen) atoms. The fourth-order valence-corrected chi connectivity index (χ4v) is 1.05. The molecule has 0 spiro atoms. The van der Waals surface area contributed by atoms with E-state index in [1.54, 1.807) is 12.1 Å². The lowest BCUT2D eigenvalue weighted by Gasteiger charge is -1.98. The van der Waals surface area contributed by atoms with Gasteiger partial charge in [-0.2, -0.15) is 0 Å². The lowest BCUT2D eigenvalue weighted by atomic mass is 10.1. The molecular formula is C10H7BrO2. The van der Waals surface area contributed by atoms with Crippen molar-refractivity contribution in [3.8, 4) is 17.6 Å². The minimum Gasteiger partial charge on any atom is -0.507 e. The second-order valence-corrected chi connectivity index (χ2v) is 2.86. The van der Waals surface area contributed by atoms with E-state index in [0.29, 0.717) is 22.7 Å². The molecule has 0 aliphatic carbocycles. The predicted octanol–water partition coefficient (Wildman–Crippen LogP) is 1.95. The molecule has 0 aromatic heterocycles. The monoisotopic (exact) mass is 238 g/mol. The summed E-state index contributed by atoms with van der Waals surface area (Å²) in [4.78, 5) is 10.6. The molecular weight excluding hydrogens is 232 g/mol. The maximum absolute atomic E-state index is 10.6. The Labute approximate surface area is 84.7 Å². The highest BCUT2D eigenvalue weighted by Crippen LogP contribution is 2.18. The minimum atomic E-state index is 0.0399. The third-order valence-corrected chi connectivity index (χ3v) is 1.76. The third-order valence-electron chi connectivity index (χ3n) is 1.48. The molecule has 0 unspecified atom stereocenters. The molecule has 1 aromatic carbocycles. The summed E-state index contributed by atoms with van der Waals surface area (Å²) < 4.78 is 0. The van der Waals surface area contributed by atoms with Crippen LogP contribution in [0.15, 0.2) is 18.2 Å². The molecule has 1 rings (SSSR count). The smallest absolute Gasteiger partial charge is 0.151 e. The van der Waals surface area contributed by atoms with Gasteiger partial charge in [-0.15, -0.1) is 0 Å². The maximum Gasteiger partial charge on any atom is 0.151 e. The SMILES string of the molecule is O=Cc1cccc(O)c1C#CCBr. The molecule has 0 atom stereocenters. The highest BCUT2D eigenvalue weighted by atomic mass is 79.9. The molecule has 1 N–H and O–H groups in total. The van der Waals surface area contributed by atoms with Crippen LogP contribution in [0.25, 0.3) is 0 Å². The van der Waals surface area contributed by atoms with Gasteiger partial charge in [0.05, 0.1) is 10.9 Å². The van der Waals surface area contributed by atoms with Crippen LogP contribution < -0.4 is 0 Å². The highest BCUT2D eigenvalue weighted by Gasteiger charge is 2.02. The number of alkyl halides is 1. The Morgan fingerprint density at radius 1 is 1.54 bits per heavy atom. The quantitative estimate of drug-likeness (QED) is 0.462. The van der Waals surface area contributed by atoms with E-state index in [0.717, 1.165) is 0 Å². The molecule has 1 aromatic rings. The standard InChI is InChI=1S/C10H7BrO2/c11-6-2-4-9-8(7-12)3-1-5-10(9)13/h1,3,5,7,13H,6H2. The Morgan fingerprint density at radius 3 is 2.92 bits per heavy atom. The topological polar surface area (TPSA) is 37.3 Å². The molecule has 0 radical (unpaired) electrons. The van der Waals surface area contributed by atoms with Crippen LogP contribution in [0.1, 0.15) is 15.9 Å². The van der Waals surface area contributed by atoms with Gasteiger partial charge in [-0.05, 0) is 6.07 Å². The van der Waals surface area contributed by atoms with Crippen LogP contribution >= 0.6 is 15.9 Å². The van der Waals surface area contributed by atoms with E-state index >= 15 is 0 Å². The van der Waals surface area contributed by atoms with Crippen LogP contribution in [-0.2, 0) is 0 Å².